The highest BCUT2D eigenvalue weighted by atomic mass is 14.3. The maximum Gasteiger partial charge on any atom is -0.0171 e. The average molecular weight is 178 g/mol. The van der Waals surface area contributed by atoms with E-state index in [0.29, 0.717) is 5.41 Å². The maximum absolute atomic E-state index is 4.04. The predicted molar refractivity (Wildman–Crippen MR) is 59.7 cm³/mol. The summed E-state index contributed by atoms with van der Waals surface area (Å²) in [4.78, 5) is 0. The molecule has 1 aliphatic rings. The zero-order valence-electron chi connectivity index (χ0n) is 9.48. The topological polar surface area (TPSA) is 0 Å². The van der Waals surface area contributed by atoms with Crippen molar-refractivity contribution in [3.05, 3.63) is 23.8 Å². The number of hydrogen-bond acceptors (Lipinski definition) is 0. The molecule has 1 atom stereocenters. The summed E-state index contributed by atoms with van der Waals surface area (Å²) in [5.74, 6) is 0.742. The van der Waals surface area contributed by atoms with Gasteiger partial charge in [0.15, 0.2) is 0 Å². The van der Waals surface area contributed by atoms with Crippen molar-refractivity contribution < 1.29 is 0 Å². The van der Waals surface area contributed by atoms with Gasteiger partial charge in [-0.2, -0.15) is 0 Å². The van der Waals surface area contributed by atoms with Crippen LogP contribution in [0.3, 0.4) is 0 Å². The first kappa shape index (κ1) is 10.6. The smallest absolute Gasteiger partial charge is 0.0171 e. The molecule has 1 aliphatic carbocycles. The van der Waals surface area contributed by atoms with Crippen molar-refractivity contribution in [1.82, 2.24) is 0 Å². The lowest BCUT2D eigenvalue weighted by Crippen LogP contribution is -2.15. The van der Waals surface area contributed by atoms with Crippen LogP contribution in [-0.4, -0.2) is 0 Å². The van der Waals surface area contributed by atoms with Crippen LogP contribution in [-0.2, 0) is 0 Å². The summed E-state index contributed by atoms with van der Waals surface area (Å²) in [5.41, 5.74) is 3.36. The van der Waals surface area contributed by atoms with E-state index in [-0.39, 0.29) is 0 Å². The summed E-state index contributed by atoms with van der Waals surface area (Å²) >= 11 is 0. The third-order valence-electron chi connectivity index (χ3n) is 3.07. The van der Waals surface area contributed by atoms with E-state index in [9.17, 15) is 0 Å². The summed E-state index contributed by atoms with van der Waals surface area (Å²) < 4.78 is 0. The quantitative estimate of drug-likeness (QED) is 0.524. The van der Waals surface area contributed by atoms with Crippen LogP contribution in [0.2, 0.25) is 0 Å². The first-order chi connectivity index (χ1) is 5.91. The summed E-state index contributed by atoms with van der Waals surface area (Å²) in [7, 11) is 0. The van der Waals surface area contributed by atoms with E-state index in [2.05, 4.69) is 40.3 Å². The molecule has 0 nitrogen and oxygen atoms in total. The molecule has 0 unspecified atom stereocenters. The van der Waals surface area contributed by atoms with E-state index >= 15 is 0 Å². The van der Waals surface area contributed by atoms with Gasteiger partial charge in [-0.05, 0) is 37.5 Å². The van der Waals surface area contributed by atoms with E-state index in [4.69, 9.17) is 0 Å². The summed E-state index contributed by atoms with van der Waals surface area (Å²) in [6.45, 7) is 13.1. The first-order valence-corrected chi connectivity index (χ1v) is 5.26. The van der Waals surface area contributed by atoms with Gasteiger partial charge in [0.25, 0.3) is 0 Å². The fraction of sp³-hybridized carbons (Fsp3) is 0.692. The number of allylic oxidation sites excluding steroid dienone is 3. The molecule has 74 valence electrons. The number of hydrogen-bond donors (Lipinski definition) is 0. The van der Waals surface area contributed by atoms with Crippen LogP contribution in [0.5, 0.6) is 0 Å². The Balaban J connectivity index is 2.63. The molecular formula is C13H22. The minimum atomic E-state index is 0.375. The minimum Gasteiger partial charge on any atom is -0.0998 e. The maximum atomic E-state index is 4.04. The first-order valence-electron chi connectivity index (χ1n) is 5.26. The van der Waals surface area contributed by atoms with Gasteiger partial charge in [-0.1, -0.05) is 44.6 Å². The lowest BCUT2D eigenvalue weighted by atomic mass is 9.76. The molecule has 0 saturated heterocycles. The van der Waals surface area contributed by atoms with Crippen molar-refractivity contribution in [1.29, 1.82) is 0 Å². The SMILES string of the molecule is C=C(C)[C@@H]1CC=C(C(C)(C)C)CC1. The van der Waals surface area contributed by atoms with Crippen LogP contribution in [0.15, 0.2) is 23.8 Å². The van der Waals surface area contributed by atoms with Gasteiger partial charge in [-0.25, -0.2) is 0 Å². The van der Waals surface area contributed by atoms with Gasteiger partial charge in [0.2, 0.25) is 0 Å². The second-order valence-corrected chi connectivity index (χ2v) is 5.30. The Bertz CT molecular complexity index is 225. The van der Waals surface area contributed by atoms with Crippen molar-refractivity contribution in [3.63, 3.8) is 0 Å². The van der Waals surface area contributed by atoms with Crippen LogP contribution in [0.25, 0.3) is 0 Å². The van der Waals surface area contributed by atoms with Gasteiger partial charge in [0.05, 0.1) is 0 Å². The van der Waals surface area contributed by atoms with Crippen molar-refractivity contribution in [2.24, 2.45) is 11.3 Å². The Hall–Kier alpha value is -0.520. The van der Waals surface area contributed by atoms with Crippen molar-refractivity contribution >= 4 is 0 Å². The van der Waals surface area contributed by atoms with Crippen LogP contribution < -0.4 is 0 Å². The summed E-state index contributed by atoms with van der Waals surface area (Å²) in [5, 5.41) is 0. The summed E-state index contributed by atoms with van der Waals surface area (Å²) in [6.07, 6.45) is 6.21. The third-order valence-corrected chi connectivity index (χ3v) is 3.07. The molecule has 0 N–H and O–H groups in total. The molecule has 0 bridgehead atoms. The molecule has 0 aromatic carbocycles. The molecule has 0 aliphatic heterocycles. The molecule has 0 heterocycles. The van der Waals surface area contributed by atoms with Gasteiger partial charge in [0, 0.05) is 0 Å². The Kier molecular flexibility index (Phi) is 3.00. The third kappa shape index (κ3) is 2.72. The zero-order valence-corrected chi connectivity index (χ0v) is 9.48. The van der Waals surface area contributed by atoms with E-state index in [1.165, 1.54) is 24.8 Å². The highest BCUT2D eigenvalue weighted by Gasteiger charge is 2.22. The predicted octanol–water partition coefficient (Wildman–Crippen LogP) is 4.34. The molecule has 0 saturated carbocycles. The van der Waals surface area contributed by atoms with E-state index in [0.717, 1.165) is 5.92 Å². The highest BCUT2D eigenvalue weighted by molar-refractivity contribution is 5.17. The largest absolute Gasteiger partial charge is 0.0998 e. The van der Waals surface area contributed by atoms with E-state index in [1.807, 2.05) is 0 Å². The normalized spacial score (nSPS) is 24.0. The molecule has 0 amide bonds. The second kappa shape index (κ2) is 3.69. The van der Waals surface area contributed by atoms with Gasteiger partial charge >= 0.3 is 0 Å². The average Bonchev–Trinajstić information content (AvgIpc) is 2.03. The molecule has 0 aromatic rings. The van der Waals surface area contributed by atoms with Crippen LogP contribution in [0.4, 0.5) is 0 Å². The van der Waals surface area contributed by atoms with Crippen LogP contribution in [0.1, 0.15) is 47.0 Å². The summed E-state index contributed by atoms with van der Waals surface area (Å²) in [6, 6.07) is 0. The highest BCUT2D eigenvalue weighted by Crippen LogP contribution is 2.36. The lowest BCUT2D eigenvalue weighted by molar-refractivity contribution is 0.430. The number of rotatable bonds is 1. The lowest BCUT2D eigenvalue weighted by Gasteiger charge is -2.29. The van der Waals surface area contributed by atoms with E-state index < -0.39 is 0 Å². The molecule has 0 aromatic heterocycles. The molecule has 0 spiro atoms. The van der Waals surface area contributed by atoms with Crippen LogP contribution >= 0.6 is 0 Å². The standard InChI is InChI=1S/C13H22/c1-10(2)11-6-8-12(9-7-11)13(3,4)5/h8,11H,1,6-7,9H2,2-5H3/t11-/m1/s1. The molecule has 1 rings (SSSR count). The van der Waals surface area contributed by atoms with Crippen molar-refractivity contribution in [2.75, 3.05) is 0 Å². The van der Waals surface area contributed by atoms with Gasteiger partial charge in [-0.15, -0.1) is 0 Å². The Labute approximate surface area is 82.7 Å². The fourth-order valence-electron chi connectivity index (χ4n) is 1.96. The Morgan fingerprint density at radius 2 is 2.08 bits per heavy atom. The molecule has 0 heteroatoms. The zero-order chi connectivity index (χ0) is 10.1. The van der Waals surface area contributed by atoms with Crippen molar-refractivity contribution in [3.8, 4) is 0 Å². The fourth-order valence-corrected chi connectivity index (χ4v) is 1.96. The Morgan fingerprint density at radius 1 is 1.46 bits per heavy atom. The van der Waals surface area contributed by atoms with Crippen molar-refractivity contribution in [2.45, 2.75) is 47.0 Å². The molecule has 13 heavy (non-hydrogen) atoms. The van der Waals surface area contributed by atoms with Gasteiger partial charge in [-0.3, -0.25) is 0 Å². The second-order valence-electron chi connectivity index (χ2n) is 5.30. The molecule has 0 fully saturated rings. The van der Waals surface area contributed by atoms with E-state index in [1.54, 1.807) is 5.57 Å². The monoisotopic (exact) mass is 178 g/mol. The van der Waals surface area contributed by atoms with Crippen LogP contribution in [0, 0.1) is 11.3 Å². The van der Waals surface area contributed by atoms with Gasteiger partial charge < -0.3 is 0 Å². The Morgan fingerprint density at radius 3 is 2.38 bits per heavy atom. The molecular weight excluding hydrogens is 156 g/mol. The van der Waals surface area contributed by atoms with Gasteiger partial charge in [0.1, 0.15) is 0 Å². The molecule has 0 radical (unpaired) electrons. The minimum absolute atomic E-state index is 0.375.